The first-order chi connectivity index (χ1) is 24.1. The van der Waals surface area contributed by atoms with E-state index in [-0.39, 0.29) is 23.9 Å². The molecule has 0 saturated carbocycles. The number of aromatic nitrogens is 3. The molecule has 5 heterocycles. The van der Waals surface area contributed by atoms with Crippen LogP contribution < -0.4 is 15.5 Å². The highest BCUT2D eigenvalue weighted by Crippen LogP contribution is 2.23. The zero-order valence-electron chi connectivity index (χ0n) is 27.5. The number of anilines is 1. The molecule has 0 radical (unpaired) electrons. The lowest BCUT2D eigenvalue weighted by molar-refractivity contribution is 0.0906. The van der Waals surface area contributed by atoms with Crippen LogP contribution in [0, 0.1) is 0 Å². The van der Waals surface area contributed by atoms with Crippen molar-refractivity contribution >= 4 is 17.6 Å². The Morgan fingerprint density at radius 1 is 0.612 bits per heavy atom. The lowest BCUT2D eigenvalue weighted by Crippen LogP contribution is -2.45. The summed E-state index contributed by atoms with van der Waals surface area (Å²) in [5, 5.41) is 6.49. The minimum atomic E-state index is -0.0372. The lowest BCUT2D eigenvalue weighted by atomic mass is 10.0. The van der Waals surface area contributed by atoms with Crippen molar-refractivity contribution in [3.05, 3.63) is 133 Å². The van der Waals surface area contributed by atoms with Crippen LogP contribution in [-0.2, 0) is 6.54 Å². The zero-order chi connectivity index (χ0) is 33.4. The molecule has 0 aliphatic carbocycles. The van der Waals surface area contributed by atoms with E-state index in [9.17, 15) is 9.59 Å². The smallest absolute Gasteiger partial charge is 0.251 e. The van der Waals surface area contributed by atoms with Crippen molar-refractivity contribution in [2.45, 2.75) is 44.3 Å². The van der Waals surface area contributed by atoms with E-state index in [4.69, 9.17) is 4.98 Å². The molecule has 9 heteroatoms. The normalized spacial score (nSPS) is 15.9. The van der Waals surface area contributed by atoms with Crippen molar-refractivity contribution in [3.63, 3.8) is 0 Å². The highest BCUT2D eigenvalue weighted by Gasteiger charge is 2.24. The van der Waals surface area contributed by atoms with Gasteiger partial charge in [0.05, 0.1) is 0 Å². The molecule has 2 aromatic carbocycles. The van der Waals surface area contributed by atoms with Crippen molar-refractivity contribution < 1.29 is 9.59 Å². The quantitative estimate of drug-likeness (QED) is 0.202. The number of benzene rings is 2. The third kappa shape index (κ3) is 8.18. The number of hydrogen-bond acceptors (Lipinski definition) is 7. The van der Waals surface area contributed by atoms with Crippen LogP contribution in [0.2, 0.25) is 0 Å². The first-order valence-corrected chi connectivity index (χ1v) is 17.1. The van der Waals surface area contributed by atoms with Crippen LogP contribution in [0.3, 0.4) is 0 Å². The monoisotopic (exact) mass is 651 g/mol. The second-order valence-corrected chi connectivity index (χ2v) is 12.9. The van der Waals surface area contributed by atoms with Gasteiger partial charge in [-0.25, -0.2) is 4.98 Å². The Bertz CT molecular complexity index is 1850. The molecule has 5 aromatic rings. The maximum Gasteiger partial charge on any atom is 0.251 e. The van der Waals surface area contributed by atoms with Crippen molar-refractivity contribution in [3.8, 4) is 22.3 Å². The Balaban J connectivity index is 0.842. The lowest BCUT2D eigenvalue weighted by Gasteiger charge is -2.34. The number of pyridine rings is 3. The highest BCUT2D eigenvalue weighted by atomic mass is 16.2. The fourth-order valence-corrected chi connectivity index (χ4v) is 6.74. The number of rotatable bonds is 9. The molecule has 2 aliphatic heterocycles. The van der Waals surface area contributed by atoms with Gasteiger partial charge in [-0.15, -0.1) is 0 Å². The molecule has 0 spiro atoms. The third-order valence-electron chi connectivity index (χ3n) is 9.55. The Morgan fingerprint density at radius 2 is 1.22 bits per heavy atom. The van der Waals surface area contributed by atoms with Gasteiger partial charge in [0.1, 0.15) is 5.82 Å². The summed E-state index contributed by atoms with van der Waals surface area (Å²) >= 11 is 0. The fourth-order valence-electron chi connectivity index (χ4n) is 6.74. The van der Waals surface area contributed by atoms with Crippen molar-refractivity contribution in [2.24, 2.45) is 0 Å². The number of hydrogen-bond donors (Lipinski definition) is 2. The van der Waals surface area contributed by atoms with Crippen LogP contribution in [0.25, 0.3) is 22.3 Å². The number of carbonyl (C=O) groups is 2. The van der Waals surface area contributed by atoms with E-state index in [1.54, 1.807) is 18.6 Å². The Kier molecular flexibility index (Phi) is 9.98. The van der Waals surface area contributed by atoms with Gasteiger partial charge in [-0.3, -0.25) is 24.5 Å². The summed E-state index contributed by atoms with van der Waals surface area (Å²) in [7, 11) is 0. The van der Waals surface area contributed by atoms with E-state index in [1.165, 1.54) is 5.56 Å². The molecular formula is C40H41N7O2. The van der Waals surface area contributed by atoms with E-state index in [1.807, 2.05) is 85.2 Å². The topological polar surface area (TPSA) is 103 Å². The van der Waals surface area contributed by atoms with Gasteiger partial charge in [0.2, 0.25) is 0 Å². The van der Waals surface area contributed by atoms with Crippen molar-refractivity contribution in [1.82, 2.24) is 30.5 Å². The molecule has 0 atom stereocenters. The summed E-state index contributed by atoms with van der Waals surface area (Å²) < 4.78 is 0. The summed E-state index contributed by atoms with van der Waals surface area (Å²) in [4.78, 5) is 43.9. The second-order valence-electron chi connectivity index (χ2n) is 12.9. The van der Waals surface area contributed by atoms with Gasteiger partial charge < -0.3 is 15.5 Å². The molecule has 2 saturated heterocycles. The van der Waals surface area contributed by atoms with Crippen LogP contribution in [0.5, 0.6) is 0 Å². The van der Waals surface area contributed by atoms with Crippen molar-refractivity contribution in [2.75, 3.05) is 31.1 Å². The van der Waals surface area contributed by atoms with Crippen LogP contribution >= 0.6 is 0 Å². The van der Waals surface area contributed by atoms with Crippen LogP contribution in [-0.4, -0.2) is 69.9 Å². The standard InChI is InChI=1S/C40H41N7O2/c48-39(33-6-1-4-31(24-33)30-11-18-41-19-12-30)44-36-13-20-46(21-14-36)28-29-9-10-38(43-26-29)47-22-15-37(16-23-47)45-40(49)34-7-2-5-32(25-34)35-8-3-17-42-27-35/h1-12,17-19,24-27,36-37H,13-16,20-23,28H2,(H,44,48)(H,45,49). The number of nitrogens with one attached hydrogen (secondary N) is 2. The molecule has 2 fully saturated rings. The average molecular weight is 652 g/mol. The molecule has 248 valence electrons. The minimum absolute atomic E-state index is 0.0212. The molecule has 7 rings (SSSR count). The van der Waals surface area contributed by atoms with E-state index >= 15 is 0 Å². The SMILES string of the molecule is O=C(NC1CCN(Cc2ccc(N3CCC(NC(=O)c4cccc(-c5cccnc5)c4)CC3)nc2)CC1)c1cccc(-c2ccncc2)c1. The Morgan fingerprint density at radius 3 is 1.82 bits per heavy atom. The van der Waals surface area contributed by atoms with Crippen LogP contribution in [0.1, 0.15) is 52.0 Å². The molecule has 49 heavy (non-hydrogen) atoms. The van der Waals surface area contributed by atoms with Gasteiger partial charge in [-0.2, -0.15) is 0 Å². The molecule has 3 aromatic heterocycles. The number of piperidine rings is 2. The predicted octanol–water partition coefficient (Wildman–Crippen LogP) is 6.00. The molecule has 2 aliphatic rings. The molecule has 0 unspecified atom stereocenters. The van der Waals surface area contributed by atoms with Gasteiger partial charge in [-0.1, -0.05) is 36.4 Å². The van der Waals surface area contributed by atoms with Gasteiger partial charge in [0.15, 0.2) is 0 Å². The molecule has 2 N–H and O–H groups in total. The maximum atomic E-state index is 13.1. The summed E-state index contributed by atoms with van der Waals surface area (Å²) in [6.07, 6.45) is 12.7. The molecular weight excluding hydrogens is 610 g/mol. The summed E-state index contributed by atoms with van der Waals surface area (Å²) in [6, 6.07) is 27.9. The number of likely N-dealkylation sites (tertiary alicyclic amines) is 1. The van der Waals surface area contributed by atoms with E-state index in [0.29, 0.717) is 11.1 Å². The van der Waals surface area contributed by atoms with Gasteiger partial charge in [0.25, 0.3) is 11.8 Å². The van der Waals surface area contributed by atoms with E-state index in [2.05, 4.69) is 42.5 Å². The Labute approximate surface area is 287 Å². The first kappa shape index (κ1) is 32.2. The minimum Gasteiger partial charge on any atom is -0.356 e. The summed E-state index contributed by atoms with van der Waals surface area (Å²) in [5.74, 6) is 0.920. The number of carbonyl (C=O) groups excluding carboxylic acids is 2. The van der Waals surface area contributed by atoms with Crippen molar-refractivity contribution in [1.29, 1.82) is 0 Å². The van der Waals surface area contributed by atoms with Crippen LogP contribution in [0.15, 0.2) is 116 Å². The summed E-state index contributed by atoms with van der Waals surface area (Å²) in [6.45, 7) is 4.39. The van der Waals surface area contributed by atoms with Gasteiger partial charge in [0, 0.05) is 92.5 Å². The van der Waals surface area contributed by atoms with E-state index < -0.39 is 0 Å². The molecule has 2 amide bonds. The van der Waals surface area contributed by atoms with Gasteiger partial charge >= 0.3 is 0 Å². The maximum absolute atomic E-state index is 13.1. The molecule has 9 nitrogen and oxygen atoms in total. The predicted molar refractivity (Wildman–Crippen MR) is 192 cm³/mol. The Hall–Kier alpha value is -5.41. The third-order valence-corrected chi connectivity index (χ3v) is 9.55. The average Bonchev–Trinajstić information content (AvgIpc) is 3.17. The van der Waals surface area contributed by atoms with E-state index in [0.717, 1.165) is 86.5 Å². The zero-order valence-corrected chi connectivity index (χ0v) is 27.5. The fraction of sp³-hybridized carbons (Fsp3) is 0.275. The number of nitrogens with zero attached hydrogens (tertiary/aromatic N) is 5. The largest absolute Gasteiger partial charge is 0.356 e. The second kappa shape index (κ2) is 15.2. The summed E-state index contributed by atoms with van der Waals surface area (Å²) in [5.41, 5.74) is 6.57. The van der Waals surface area contributed by atoms with Crippen LogP contribution in [0.4, 0.5) is 5.82 Å². The van der Waals surface area contributed by atoms with Gasteiger partial charge in [-0.05, 0) is 96.5 Å². The highest BCUT2D eigenvalue weighted by molar-refractivity contribution is 5.96. The first-order valence-electron chi connectivity index (χ1n) is 17.1. The number of amides is 2. The molecule has 0 bridgehead atoms.